The van der Waals surface area contributed by atoms with E-state index in [-0.39, 0.29) is 37.5 Å². The van der Waals surface area contributed by atoms with E-state index >= 15 is 0 Å². The Morgan fingerprint density at radius 3 is 1.14 bits per heavy atom. The minimum absolute atomic E-state index is 0.107. The second-order valence-electron chi connectivity index (χ2n) is 16.3. The first-order chi connectivity index (χ1) is 29.0. The minimum atomic E-state index is -0.816. The van der Waals surface area contributed by atoms with Crippen LogP contribution >= 0.6 is 0 Å². The molecule has 0 aliphatic carbocycles. The fourth-order valence-electron chi connectivity index (χ4n) is 6.80. The van der Waals surface area contributed by atoms with Gasteiger partial charge in [0, 0.05) is 19.3 Å². The van der Waals surface area contributed by atoms with Crippen LogP contribution in [0.3, 0.4) is 0 Å². The van der Waals surface area contributed by atoms with Gasteiger partial charge in [-0.3, -0.25) is 14.4 Å². The van der Waals surface area contributed by atoms with Crippen LogP contribution in [0.1, 0.15) is 239 Å². The van der Waals surface area contributed by atoms with Gasteiger partial charge in [-0.05, 0) is 70.6 Å². The average molecular weight is 825 g/mol. The molecule has 0 N–H and O–H groups in total. The molecule has 340 valence electrons. The number of ether oxygens (including phenoxy) is 3. The molecule has 0 rings (SSSR count). The summed E-state index contributed by atoms with van der Waals surface area (Å²) in [6.07, 6.45) is 58.0. The lowest BCUT2D eigenvalue weighted by Crippen LogP contribution is -2.30. The fraction of sp³-hybridized carbons (Fsp3) is 0.755. The molecule has 0 aliphatic heterocycles. The Bertz CT molecular complexity index is 1090. The molecule has 0 bridgehead atoms. The predicted octanol–water partition coefficient (Wildman–Crippen LogP) is 16.1. The molecule has 0 saturated carbocycles. The van der Waals surface area contributed by atoms with Crippen LogP contribution in [-0.2, 0) is 28.6 Å². The second-order valence-corrected chi connectivity index (χ2v) is 16.3. The summed E-state index contributed by atoms with van der Waals surface area (Å²) in [5.41, 5.74) is 0. The maximum absolute atomic E-state index is 12.7. The number of rotatable bonds is 44. The lowest BCUT2D eigenvalue weighted by molar-refractivity contribution is -0.166. The molecule has 0 heterocycles. The summed E-state index contributed by atoms with van der Waals surface area (Å²) in [5, 5.41) is 0. The molecule has 0 aromatic rings. The van der Waals surface area contributed by atoms with Gasteiger partial charge in [-0.1, -0.05) is 210 Å². The van der Waals surface area contributed by atoms with Crippen LogP contribution < -0.4 is 0 Å². The van der Waals surface area contributed by atoms with Crippen LogP contribution in [0.4, 0.5) is 0 Å². The number of carbonyl (C=O) groups excluding carboxylic acids is 3. The van der Waals surface area contributed by atoms with Crippen LogP contribution in [0.2, 0.25) is 0 Å². The lowest BCUT2D eigenvalue weighted by Gasteiger charge is -2.18. The summed E-state index contributed by atoms with van der Waals surface area (Å²) in [4.78, 5) is 37.8. The van der Waals surface area contributed by atoms with Crippen molar-refractivity contribution in [1.82, 2.24) is 0 Å². The highest BCUT2D eigenvalue weighted by atomic mass is 16.6. The molecule has 1 atom stereocenters. The highest BCUT2D eigenvalue weighted by Crippen LogP contribution is 2.15. The van der Waals surface area contributed by atoms with E-state index in [0.29, 0.717) is 19.3 Å². The first-order valence-electron chi connectivity index (χ1n) is 24.8. The topological polar surface area (TPSA) is 78.9 Å². The zero-order chi connectivity index (χ0) is 43.0. The lowest BCUT2D eigenvalue weighted by atomic mass is 10.0. The molecule has 0 saturated heterocycles. The molecule has 0 spiro atoms. The van der Waals surface area contributed by atoms with Gasteiger partial charge >= 0.3 is 17.9 Å². The van der Waals surface area contributed by atoms with Gasteiger partial charge < -0.3 is 14.2 Å². The highest BCUT2D eigenvalue weighted by molar-refractivity contribution is 5.71. The largest absolute Gasteiger partial charge is 0.462 e. The van der Waals surface area contributed by atoms with Crippen LogP contribution in [-0.4, -0.2) is 37.2 Å². The second kappa shape index (κ2) is 47.8. The van der Waals surface area contributed by atoms with Crippen molar-refractivity contribution in [1.29, 1.82) is 0 Å². The molecule has 0 radical (unpaired) electrons. The van der Waals surface area contributed by atoms with Gasteiger partial charge in [0.1, 0.15) is 13.2 Å². The molecule has 59 heavy (non-hydrogen) atoms. The van der Waals surface area contributed by atoms with Crippen molar-refractivity contribution in [3.8, 4) is 0 Å². The Hall–Kier alpha value is -2.89. The minimum Gasteiger partial charge on any atom is -0.462 e. The number of hydrogen-bond acceptors (Lipinski definition) is 6. The van der Waals surface area contributed by atoms with Gasteiger partial charge in [0.05, 0.1) is 0 Å². The normalized spacial score (nSPS) is 12.5. The van der Waals surface area contributed by atoms with Crippen LogP contribution in [0, 0.1) is 0 Å². The fourth-order valence-corrected chi connectivity index (χ4v) is 6.80. The zero-order valence-electron chi connectivity index (χ0n) is 38.8. The summed E-state index contributed by atoms with van der Waals surface area (Å²) < 4.78 is 16.7. The molecule has 0 aliphatic rings. The van der Waals surface area contributed by atoms with Crippen molar-refractivity contribution in [2.24, 2.45) is 0 Å². The summed E-state index contributed by atoms with van der Waals surface area (Å²) in [6, 6.07) is 0. The van der Waals surface area contributed by atoms with Crippen molar-refractivity contribution in [2.45, 2.75) is 245 Å². The Kier molecular flexibility index (Phi) is 45.4. The van der Waals surface area contributed by atoms with Crippen LogP contribution in [0.15, 0.2) is 60.8 Å². The molecular weight excluding hydrogens is 733 g/mol. The SMILES string of the molecule is CC/C=C\C/C=C\C/C=C\CCCCC(=O)OCC(COC(=O)CCCCCCCCCCCCCCCCCC)OC(=O)CC/C=C\C/C=C\CCCCCCCC. The van der Waals surface area contributed by atoms with Crippen molar-refractivity contribution >= 4 is 17.9 Å². The van der Waals surface area contributed by atoms with E-state index in [1.54, 1.807) is 0 Å². The van der Waals surface area contributed by atoms with Gasteiger partial charge in [0.25, 0.3) is 0 Å². The summed E-state index contributed by atoms with van der Waals surface area (Å²) in [5.74, 6) is -1.01. The van der Waals surface area contributed by atoms with E-state index in [9.17, 15) is 14.4 Å². The van der Waals surface area contributed by atoms with Crippen molar-refractivity contribution in [3.05, 3.63) is 60.8 Å². The summed E-state index contributed by atoms with van der Waals surface area (Å²) in [6.45, 7) is 6.43. The smallest absolute Gasteiger partial charge is 0.306 e. The Balaban J connectivity index is 4.45. The molecule has 1 unspecified atom stereocenters. The maximum atomic E-state index is 12.7. The average Bonchev–Trinajstić information content (AvgIpc) is 3.23. The van der Waals surface area contributed by atoms with E-state index in [0.717, 1.165) is 70.6 Å². The quantitative estimate of drug-likeness (QED) is 0.0263. The maximum Gasteiger partial charge on any atom is 0.306 e. The van der Waals surface area contributed by atoms with E-state index < -0.39 is 6.10 Å². The number of allylic oxidation sites excluding steroid dienone is 10. The first kappa shape index (κ1) is 56.1. The van der Waals surface area contributed by atoms with E-state index in [1.807, 2.05) is 6.08 Å². The predicted molar refractivity (Wildman–Crippen MR) is 251 cm³/mol. The third kappa shape index (κ3) is 46.0. The highest BCUT2D eigenvalue weighted by Gasteiger charge is 2.19. The zero-order valence-corrected chi connectivity index (χ0v) is 38.8. The number of unbranched alkanes of at least 4 members (excludes halogenated alkanes) is 23. The third-order valence-electron chi connectivity index (χ3n) is 10.5. The van der Waals surface area contributed by atoms with Crippen molar-refractivity contribution in [3.63, 3.8) is 0 Å². The van der Waals surface area contributed by atoms with Crippen molar-refractivity contribution < 1.29 is 28.6 Å². The standard InChI is InChI=1S/C53H92O6/c1-4-7-10-13-16-19-22-25-26-27-29-31-34-37-40-43-46-52(55)58-49-50(48-57-51(54)45-42-39-36-33-30-24-21-18-15-12-9-6-3)59-53(56)47-44-41-38-35-32-28-23-20-17-14-11-8-5-2/h9,12,18,21,28,30,32-33,38,41,50H,4-8,10-11,13-17,19-20,22-27,29,31,34-37,39-40,42-49H2,1-3H3/b12-9-,21-18-,32-28-,33-30-,41-38-. The molecule has 0 amide bonds. The van der Waals surface area contributed by atoms with Crippen molar-refractivity contribution in [2.75, 3.05) is 13.2 Å². The van der Waals surface area contributed by atoms with Gasteiger partial charge in [0.2, 0.25) is 0 Å². The molecule has 6 nitrogen and oxygen atoms in total. The van der Waals surface area contributed by atoms with E-state index in [2.05, 4.69) is 75.5 Å². The Morgan fingerprint density at radius 1 is 0.356 bits per heavy atom. The van der Waals surface area contributed by atoms with E-state index in [1.165, 1.54) is 122 Å². The van der Waals surface area contributed by atoms with Gasteiger partial charge in [0.15, 0.2) is 6.10 Å². The summed E-state index contributed by atoms with van der Waals surface area (Å²) in [7, 11) is 0. The molecular formula is C53H92O6. The van der Waals surface area contributed by atoms with E-state index in [4.69, 9.17) is 14.2 Å². The Labute approximate surface area is 364 Å². The molecule has 6 heteroatoms. The van der Waals surface area contributed by atoms with Gasteiger partial charge in [-0.25, -0.2) is 0 Å². The number of esters is 3. The Morgan fingerprint density at radius 2 is 0.695 bits per heavy atom. The molecule has 0 aromatic heterocycles. The first-order valence-corrected chi connectivity index (χ1v) is 24.8. The summed E-state index contributed by atoms with van der Waals surface area (Å²) >= 11 is 0. The monoisotopic (exact) mass is 825 g/mol. The third-order valence-corrected chi connectivity index (χ3v) is 10.5. The number of carbonyl (C=O) groups is 3. The van der Waals surface area contributed by atoms with Crippen LogP contribution in [0.25, 0.3) is 0 Å². The number of hydrogen-bond donors (Lipinski definition) is 0. The molecule has 0 aromatic carbocycles. The van der Waals surface area contributed by atoms with Gasteiger partial charge in [-0.15, -0.1) is 0 Å². The van der Waals surface area contributed by atoms with Crippen LogP contribution in [0.5, 0.6) is 0 Å². The molecule has 0 fully saturated rings. The van der Waals surface area contributed by atoms with Gasteiger partial charge in [-0.2, -0.15) is 0 Å².